The van der Waals surface area contributed by atoms with Crippen LogP contribution in [0.25, 0.3) is 0 Å². The zero-order chi connectivity index (χ0) is 15.1. The summed E-state index contributed by atoms with van der Waals surface area (Å²) in [6, 6.07) is 3.65. The van der Waals surface area contributed by atoms with Gasteiger partial charge >= 0.3 is 0 Å². The van der Waals surface area contributed by atoms with E-state index in [1.54, 1.807) is 12.3 Å². The Balaban J connectivity index is 2.74. The van der Waals surface area contributed by atoms with Gasteiger partial charge in [0, 0.05) is 23.8 Å². The molecular formula is C16H25BrN2O. The Labute approximate surface area is 130 Å². The highest BCUT2D eigenvalue weighted by Gasteiger charge is 2.17. The first-order valence-electron chi connectivity index (χ1n) is 7.31. The van der Waals surface area contributed by atoms with E-state index in [9.17, 15) is 4.79 Å². The molecule has 0 fully saturated rings. The molecule has 0 bridgehead atoms. The van der Waals surface area contributed by atoms with E-state index in [1.165, 1.54) is 0 Å². The van der Waals surface area contributed by atoms with Crippen LogP contribution in [0.4, 0.5) is 0 Å². The molecule has 0 saturated carbocycles. The lowest BCUT2D eigenvalue weighted by atomic mass is 10.1. The van der Waals surface area contributed by atoms with E-state index in [-0.39, 0.29) is 5.91 Å². The van der Waals surface area contributed by atoms with Crippen molar-refractivity contribution in [2.24, 2.45) is 11.8 Å². The Bertz CT molecular complexity index is 403. The van der Waals surface area contributed by atoms with Crippen molar-refractivity contribution in [1.82, 2.24) is 9.88 Å². The van der Waals surface area contributed by atoms with Crippen LogP contribution in [0, 0.1) is 11.8 Å². The average Bonchev–Trinajstić information content (AvgIpc) is 2.38. The summed E-state index contributed by atoms with van der Waals surface area (Å²) in [7, 11) is 0. The van der Waals surface area contributed by atoms with Gasteiger partial charge in [-0.2, -0.15) is 0 Å². The fraction of sp³-hybridized carbons (Fsp3) is 0.625. The lowest BCUT2D eigenvalue weighted by molar-refractivity contribution is 0.0735. The Morgan fingerprint density at radius 1 is 1.15 bits per heavy atom. The number of hydrogen-bond donors (Lipinski definition) is 0. The van der Waals surface area contributed by atoms with E-state index in [2.05, 4.69) is 48.6 Å². The van der Waals surface area contributed by atoms with Crippen LogP contribution >= 0.6 is 15.9 Å². The smallest absolute Gasteiger partial charge is 0.272 e. The van der Waals surface area contributed by atoms with Gasteiger partial charge in [-0.05, 0) is 52.7 Å². The lowest BCUT2D eigenvalue weighted by Crippen LogP contribution is -2.34. The molecule has 1 rings (SSSR count). The van der Waals surface area contributed by atoms with Crippen molar-refractivity contribution in [3.05, 3.63) is 28.5 Å². The first-order valence-corrected chi connectivity index (χ1v) is 8.10. The lowest BCUT2D eigenvalue weighted by Gasteiger charge is -2.24. The SMILES string of the molecule is CC(C)CCN(CCC(C)C)C(=O)c1ccc(Br)cn1. The Hall–Kier alpha value is -0.900. The predicted octanol–water partition coefficient (Wildman–Crippen LogP) is 4.38. The van der Waals surface area contributed by atoms with Crippen molar-refractivity contribution in [1.29, 1.82) is 0 Å². The van der Waals surface area contributed by atoms with Crippen molar-refractivity contribution < 1.29 is 4.79 Å². The molecule has 0 aliphatic rings. The minimum absolute atomic E-state index is 0.0406. The highest BCUT2D eigenvalue weighted by atomic mass is 79.9. The van der Waals surface area contributed by atoms with E-state index in [0.29, 0.717) is 17.5 Å². The summed E-state index contributed by atoms with van der Waals surface area (Å²) in [5.74, 6) is 1.24. The van der Waals surface area contributed by atoms with Gasteiger partial charge in [0.15, 0.2) is 0 Å². The quantitative estimate of drug-likeness (QED) is 0.737. The second kappa shape index (κ2) is 8.40. The number of aromatic nitrogens is 1. The van der Waals surface area contributed by atoms with Gasteiger partial charge in [0.1, 0.15) is 5.69 Å². The molecule has 0 unspecified atom stereocenters. The van der Waals surface area contributed by atoms with E-state index in [0.717, 1.165) is 30.4 Å². The fourth-order valence-electron chi connectivity index (χ4n) is 1.81. The number of carbonyl (C=O) groups excluding carboxylic acids is 1. The second-order valence-electron chi connectivity index (χ2n) is 6.02. The number of amides is 1. The van der Waals surface area contributed by atoms with Crippen molar-refractivity contribution in [3.8, 4) is 0 Å². The molecule has 0 radical (unpaired) electrons. The molecule has 0 saturated heterocycles. The van der Waals surface area contributed by atoms with Crippen LogP contribution in [0.1, 0.15) is 51.0 Å². The highest BCUT2D eigenvalue weighted by Crippen LogP contribution is 2.12. The number of rotatable bonds is 7. The summed E-state index contributed by atoms with van der Waals surface area (Å²) in [4.78, 5) is 18.7. The highest BCUT2D eigenvalue weighted by molar-refractivity contribution is 9.10. The molecule has 1 amide bonds. The first-order chi connectivity index (χ1) is 9.40. The summed E-state index contributed by atoms with van der Waals surface area (Å²) < 4.78 is 0.893. The number of nitrogens with zero attached hydrogens (tertiary/aromatic N) is 2. The summed E-state index contributed by atoms with van der Waals surface area (Å²) in [5, 5.41) is 0. The molecule has 3 nitrogen and oxygen atoms in total. The van der Waals surface area contributed by atoms with Crippen LogP contribution < -0.4 is 0 Å². The van der Waals surface area contributed by atoms with Crippen LogP contribution in [-0.4, -0.2) is 28.9 Å². The maximum absolute atomic E-state index is 12.5. The summed E-state index contributed by atoms with van der Waals surface area (Å²) in [5.41, 5.74) is 0.528. The van der Waals surface area contributed by atoms with Crippen molar-refractivity contribution in [2.75, 3.05) is 13.1 Å². The van der Waals surface area contributed by atoms with Gasteiger partial charge in [0.05, 0.1) is 0 Å². The number of hydrogen-bond acceptors (Lipinski definition) is 2. The molecule has 0 spiro atoms. The van der Waals surface area contributed by atoms with Gasteiger partial charge in [0.25, 0.3) is 5.91 Å². The van der Waals surface area contributed by atoms with E-state index in [4.69, 9.17) is 0 Å². The van der Waals surface area contributed by atoms with Crippen molar-refractivity contribution >= 4 is 21.8 Å². The van der Waals surface area contributed by atoms with Crippen LogP contribution in [0.5, 0.6) is 0 Å². The van der Waals surface area contributed by atoms with Gasteiger partial charge < -0.3 is 4.90 Å². The molecule has 4 heteroatoms. The third-order valence-corrected chi connectivity index (χ3v) is 3.66. The Kier molecular flexibility index (Phi) is 7.20. The summed E-state index contributed by atoms with van der Waals surface area (Å²) in [6.45, 7) is 10.3. The van der Waals surface area contributed by atoms with Crippen LogP contribution in [-0.2, 0) is 0 Å². The predicted molar refractivity (Wildman–Crippen MR) is 86.8 cm³/mol. The molecule has 0 aromatic carbocycles. The molecule has 20 heavy (non-hydrogen) atoms. The van der Waals surface area contributed by atoms with Gasteiger partial charge in [0.2, 0.25) is 0 Å². The molecule has 112 valence electrons. The van der Waals surface area contributed by atoms with Crippen LogP contribution in [0.3, 0.4) is 0 Å². The summed E-state index contributed by atoms with van der Waals surface area (Å²) in [6.07, 6.45) is 3.73. The molecule has 1 aromatic rings. The maximum Gasteiger partial charge on any atom is 0.272 e. The third kappa shape index (κ3) is 6.04. The Morgan fingerprint density at radius 2 is 1.70 bits per heavy atom. The molecule has 0 atom stereocenters. The van der Waals surface area contributed by atoms with E-state index in [1.807, 2.05) is 11.0 Å². The minimum atomic E-state index is 0.0406. The molecule has 1 aromatic heterocycles. The Morgan fingerprint density at radius 3 is 2.10 bits per heavy atom. The normalized spacial score (nSPS) is 11.2. The molecule has 0 aliphatic heterocycles. The molecule has 0 N–H and O–H groups in total. The monoisotopic (exact) mass is 340 g/mol. The summed E-state index contributed by atoms with van der Waals surface area (Å²) >= 11 is 3.34. The molecular weight excluding hydrogens is 316 g/mol. The van der Waals surface area contributed by atoms with E-state index >= 15 is 0 Å². The minimum Gasteiger partial charge on any atom is -0.337 e. The maximum atomic E-state index is 12.5. The zero-order valence-electron chi connectivity index (χ0n) is 12.9. The zero-order valence-corrected chi connectivity index (χ0v) is 14.5. The van der Waals surface area contributed by atoms with Crippen molar-refractivity contribution in [3.63, 3.8) is 0 Å². The molecule has 0 aliphatic carbocycles. The molecule has 1 heterocycles. The standard InChI is InChI=1S/C16H25BrN2O/c1-12(2)7-9-19(10-8-13(3)4)16(20)15-6-5-14(17)11-18-15/h5-6,11-13H,7-10H2,1-4H3. The topological polar surface area (TPSA) is 33.2 Å². The van der Waals surface area contributed by atoms with Gasteiger partial charge in [-0.3, -0.25) is 4.79 Å². The van der Waals surface area contributed by atoms with Crippen molar-refractivity contribution in [2.45, 2.75) is 40.5 Å². The number of halogens is 1. The van der Waals surface area contributed by atoms with Gasteiger partial charge in [-0.25, -0.2) is 4.98 Å². The van der Waals surface area contributed by atoms with E-state index < -0.39 is 0 Å². The third-order valence-electron chi connectivity index (χ3n) is 3.19. The average molecular weight is 341 g/mol. The van der Waals surface area contributed by atoms with Crippen LogP contribution in [0.2, 0.25) is 0 Å². The number of pyridine rings is 1. The van der Waals surface area contributed by atoms with Gasteiger partial charge in [-0.15, -0.1) is 0 Å². The fourth-order valence-corrected chi connectivity index (χ4v) is 2.04. The van der Waals surface area contributed by atoms with Crippen LogP contribution in [0.15, 0.2) is 22.8 Å². The second-order valence-corrected chi connectivity index (χ2v) is 6.93. The largest absolute Gasteiger partial charge is 0.337 e. The first kappa shape index (κ1) is 17.2. The van der Waals surface area contributed by atoms with Gasteiger partial charge in [-0.1, -0.05) is 27.7 Å². The number of carbonyl (C=O) groups is 1.